The minimum atomic E-state index is -0.619. The minimum Gasteiger partial charge on any atom is -0.484 e. The van der Waals surface area contributed by atoms with Gasteiger partial charge < -0.3 is 15.2 Å². The molecule has 0 aliphatic carbocycles. The maximum Gasteiger partial charge on any atom is 0.136 e. The van der Waals surface area contributed by atoms with Crippen LogP contribution in [0.25, 0.3) is 0 Å². The first-order chi connectivity index (χ1) is 7.19. The minimum absolute atomic E-state index is 0. The average molecular weight is 246 g/mol. The number of nitrogens with one attached hydrogen (secondary N) is 1. The van der Waals surface area contributed by atoms with Crippen molar-refractivity contribution in [3.8, 4) is 5.75 Å². The molecule has 1 aromatic carbocycles. The zero-order valence-electron chi connectivity index (χ0n) is 8.57. The highest BCUT2D eigenvalue weighted by Gasteiger charge is 2.45. The van der Waals surface area contributed by atoms with E-state index in [4.69, 9.17) is 4.74 Å². The molecule has 1 spiro atoms. The van der Waals surface area contributed by atoms with Gasteiger partial charge in [-0.2, -0.15) is 0 Å². The summed E-state index contributed by atoms with van der Waals surface area (Å²) in [5, 5.41) is 13.0. The van der Waals surface area contributed by atoms with Gasteiger partial charge in [0.15, 0.2) is 0 Å². The van der Waals surface area contributed by atoms with Crippen molar-refractivity contribution in [3.63, 3.8) is 0 Å². The quantitative estimate of drug-likeness (QED) is 0.726. The fourth-order valence-corrected chi connectivity index (χ4v) is 2.23. The summed E-state index contributed by atoms with van der Waals surface area (Å²) in [4.78, 5) is 0. The fourth-order valence-electron chi connectivity index (χ4n) is 2.23. The Kier molecular flexibility index (Phi) is 2.82. The van der Waals surface area contributed by atoms with Crippen molar-refractivity contribution in [2.75, 3.05) is 13.1 Å². The molecule has 0 saturated carbocycles. The molecule has 88 valence electrons. The first-order valence-corrected chi connectivity index (χ1v) is 5.06. The Labute approximate surface area is 99.0 Å². The molecule has 0 bridgehead atoms. The van der Waals surface area contributed by atoms with Crippen LogP contribution in [-0.4, -0.2) is 23.8 Å². The SMILES string of the molecule is Cl.OC1CC2(CNC2)Oc2ccc(F)cc21. The number of benzene rings is 1. The molecule has 2 heterocycles. The first kappa shape index (κ1) is 11.6. The summed E-state index contributed by atoms with van der Waals surface area (Å²) in [6.07, 6.45) is -0.0808. The van der Waals surface area contributed by atoms with Gasteiger partial charge in [-0.15, -0.1) is 12.4 Å². The Morgan fingerprint density at radius 3 is 2.81 bits per heavy atom. The molecule has 2 aliphatic heterocycles. The van der Waals surface area contributed by atoms with E-state index in [1.807, 2.05) is 0 Å². The summed E-state index contributed by atoms with van der Waals surface area (Å²) in [5.41, 5.74) is 0.289. The number of fused-ring (bicyclic) bond motifs is 1. The van der Waals surface area contributed by atoms with Crippen LogP contribution in [0.5, 0.6) is 5.75 Å². The first-order valence-electron chi connectivity index (χ1n) is 5.06. The van der Waals surface area contributed by atoms with Gasteiger partial charge in [0.25, 0.3) is 0 Å². The van der Waals surface area contributed by atoms with Crippen molar-refractivity contribution in [1.29, 1.82) is 0 Å². The highest BCUT2D eigenvalue weighted by atomic mass is 35.5. The van der Waals surface area contributed by atoms with Crippen LogP contribution in [0.3, 0.4) is 0 Å². The molecule has 1 fully saturated rings. The molecule has 1 saturated heterocycles. The molecule has 5 heteroatoms. The lowest BCUT2D eigenvalue weighted by molar-refractivity contribution is -0.0484. The number of hydrogen-bond donors (Lipinski definition) is 2. The number of aliphatic hydroxyl groups is 1. The molecule has 1 unspecified atom stereocenters. The molecule has 2 N–H and O–H groups in total. The van der Waals surface area contributed by atoms with Crippen LogP contribution in [-0.2, 0) is 0 Å². The standard InChI is InChI=1S/C11H12FNO2.ClH/c12-7-1-2-10-8(3-7)9(14)4-11(15-10)5-13-6-11;/h1-3,9,13-14H,4-6H2;1H. The van der Waals surface area contributed by atoms with Crippen LogP contribution in [0.15, 0.2) is 18.2 Å². The summed E-state index contributed by atoms with van der Waals surface area (Å²) >= 11 is 0. The molecule has 0 radical (unpaired) electrons. The van der Waals surface area contributed by atoms with Crippen LogP contribution >= 0.6 is 12.4 Å². The molecule has 1 aromatic rings. The van der Waals surface area contributed by atoms with E-state index in [-0.39, 0.29) is 23.8 Å². The van der Waals surface area contributed by atoms with E-state index < -0.39 is 6.10 Å². The smallest absolute Gasteiger partial charge is 0.136 e. The zero-order chi connectivity index (χ0) is 10.5. The van der Waals surface area contributed by atoms with Crippen molar-refractivity contribution in [2.45, 2.75) is 18.1 Å². The van der Waals surface area contributed by atoms with Gasteiger partial charge in [-0.25, -0.2) is 4.39 Å². The van der Waals surface area contributed by atoms with Gasteiger partial charge in [-0.1, -0.05) is 0 Å². The topological polar surface area (TPSA) is 41.5 Å². The van der Waals surface area contributed by atoms with Crippen LogP contribution in [0, 0.1) is 5.82 Å². The van der Waals surface area contributed by atoms with Crippen molar-refractivity contribution < 1.29 is 14.2 Å². The van der Waals surface area contributed by atoms with Gasteiger partial charge >= 0.3 is 0 Å². The van der Waals surface area contributed by atoms with Crippen LogP contribution < -0.4 is 10.1 Å². The highest BCUT2D eigenvalue weighted by molar-refractivity contribution is 5.85. The normalized spacial score (nSPS) is 25.0. The lowest BCUT2D eigenvalue weighted by Gasteiger charge is -2.47. The summed E-state index contributed by atoms with van der Waals surface area (Å²) in [7, 11) is 0. The van der Waals surface area contributed by atoms with E-state index in [1.165, 1.54) is 12.1 Å². The second-order valence-electron chi connectivity index (χ2n) is 4.29. The van der Waals surface area contributed by atoms with Crippen LogP contribution in [0.4, 0.5) is 4.39 Å². The third kappa shape index (κ3) is 1.67. The van der Waals surface area contributed by atoms with Gasteiger partial charge in [0.2, 0.25) is 0 Å². The van der Waals surface area contributed by atoms with Gasteiger partial charge in [0, 0.05) is 25.1 Å². The second kappa shape index (κ2) is 3.87. The predicted octanol–water partition coefficient (Wildman–Crippen LogP) is 1.41. The highest BCUT2D eigenvalue weighted by Crippen LogP contribution is 2.41. The van der Waals surface area contributed by atoms with Crippen LogP contribution in [0.1, 0.15) is 18.1 Å². The Bertz CT molecular complexity index is 409. The maximum absolute atomic E-state index is 13.0. The third-order valence-electron chi connectivity index (χ3n) is 3.12. The summed E-state index contributed by atoms with van der Waals surface area (Å²) in [5.74, 6) is 0.274. The van der Waals surface area contributed by atoms with Gasteiger partial charge in [-0.3, -0.25) is 0 Å². The molecule has 0 amide bonds. The fraction of sp³-hybridized carbons (Fsp3) is 0.455. The third-order valence-corrected chi connectivity index (χ3v) is 3.12. The largest absolute Gasteiger partial charge is 0.484 e. The van der Waals surface area contributed by atoms with E-state index in [9.17, 15) is 9.50 Å². The number of aliphatic hydroxyl groups excluding tert-OH is 1. The van der Waals surface area contributed by atoms with E-state index in [1.54, 1.807) is 6.07 Å². The molecule has 3 rings (SSSR count). The number of halogens is 2. The second-order valence-corrected chi connectivity index (χ2v) is 4.29. The Morgan fingerprint density at radius 2 is 2.19 bits per heavy atom. The van der Waals surface area contributed by atoms with Crippen molar-refractivity contribution in [2.24, 2.45) is 0 Å². The van der Waals surface area contributed by atoms with E-state index in [0.717, 1.165) is 13.1 Å². The Balaban J connectivity index is 0.000000963. The molecule has 1 atom stereocenters. The predicted molar refractivity (Wildman–Crippen MR) is 59.5 cm³/mol. The van der Waals surface area contributed by atoms with E-state index in [0.29, 0.717) is 17.7 Å². The monoisotopic (exact) mass is 245 g/mol. The van der Waals surface area contributed by atoms with E-state index >= 15 is 0 Å². The van der Waals surface area contributed by atoms with Crippen LogP contribution in [0.2, 0.25) is 0 Å². The van der Waals surface area contributed by atoms with Gasteiger partial charge in [0.1, 0.15) is 17.2 Å². The van der Waals surface area contributed by atoms with Crippen molar-refractivity contribution in [1.82, 2.24) is 5.32 Å². The van der Waals surface area contributed by atoms with E-state index in [2.05, 4.69) is 5.32 Å². The number of rotatable bonds is 0. The molecule has 2 aliphatic rings. The molecular formula is C11H13ClFNO2. The average Bonchev–Trinajstić information content (AvgIpc) is 2.16. The Morgan fingerprint density at radius 1 is 1.44 bits per heavy atom. The molecular weight excluding hydrogens is 233 g/mol. The van der Waals surface area contributed by atoms with Crippen molar-refractivity contribution >= 4 is 12.4 Å². The van der Waals surface area contributed by atoms with Gasteiger partial charge in [-0.05, 0) is 18.2 Å². The lowest BCUT2D eigenvalue weighted by atomic mass is 9.84. The molecule has 16 heavy (non-hydrogen) atoms. The molecule has 3 nitrogen and oxygen atoms in total. The summed E-state index contributed by atoms with van der Waals surface area (Å²) in [6, 6.07) is 4.29. The van der Waals surface area contributed by atoms with Crippen molar-refractivity contribution in [3.05, 3.63) is 29.6 Å². The Hall–Kier alpha value is -0.840. The maximum atomic E-state index is 13.0. The summed E-state index contributed by atoms with van der Waals surface area (Å²) in [6.45, 7) is 1.50. The summed E-state index contributed by atoms with van der Waals surface area (Å²) < 4.78 is 18.8. The number of hydrogen-bond acceptors (Lipinski definition) is 3. The van der Waals surface area contributed by atoms with Gasteiger partial charge in [0.05, 0.1) is 6.10 Å². The lowest BCUT2D eigenvalue weighted by Crippen LogP contribution is -2.64. The molecule has 0 aromatic heterocycles. The number of ether oxygens (including phenoxy) is 1. The zero-order valence-corrected chi connectivity index (χ0v) is 9.39.